The third-order valence-electron chi connectivity index (χ3n) is 3.71. The first-order chi connectivity index (χ1) is 11.6. The largest absolute Gasteiger partial charge is 0.497 e. The number of ether oxygens (including phenoxy) is 2. The lowest BCUT2D eigenvalue weighted by atomic mass is 10.1. The van der Waals surface area contributed by atoms with Gasteiger partial charge in [0.1, 0.15) is 18.1 Å². The van der Waals surface area contributed by atoms with Crippen LogP contribution < -0.4 is 14.8 Å². The summed E-state index contributed by atoms with van der Waals surface area (Å²) in [6, 6.07) is 5.41. The van der Waals surface area contributed by atoms with E-state index >= 15 is 0 Å². The number of nitrogens with one attached hydrogen (secondary N) is 1. The van der Waals surface area contributed by atoms with Gasteiger partial charge in [-0.1, -0.05) is 13.8 Å². The number of amides is 2. The van der Waals surface area contributed by atoms with Gasteiger partial charge in [0.05, 0.1) is 12.0 Å². The average Bonchev–Trinajstić information content (AvgIpc) is 2.90. The molecule has 1 aliphatic rings. The summed E-state index contributed by atoms with van der Waals surface area (Å²) in [5, 5.41) is 1.88. The maximum absolute atomic E-state index is 11.7. The lowest BCUT2D eigenvalue weighted by Crippen LogP contribution is -2.28. The highest BCUT2D eigenvalue weighted by Gasteiger charge is 2.25. The Kier molecular flexibility index (Phi) is 6.69. The fraction of sp³-hybridized carbons (Fsp3) is 0.412. The van der Waals surface area contributed by atoms with Gasteiger partial charge in [0.2, 0.25) is 0 Å². The van der Waals surface area contributed by atoms with Gasteiger partial charge in [-0.2, -0.15) is 0 Å². The Labute approximate surface area is 146 Å². The van der Waals surface area contributed by atoms with Crippen LogP contribution in [0, 0.1) is 0 Å². The van der Waals surface area contributed by atoms with Gasteiger partial charge in [-0.25, -0.2) is 0 Å². The monoisotopic (exact) mass is 350 g/mol. The lowest BCUT2D eigenvalue weighted by molar-refractivity contribution is -0.115. The number of benzene rings is 1. The third kappa shape index (κ3) is 4.75. The van der Waals surface area contributed by atoms with E-state index in [0.717, 1.165) is 31.4 Å². The average molecular weight is 350 g/mol. The maximum atomic E-state index is 11.7. The van der Waals surface area contributed by atoms with E-state index in [1.165, 1.54) is 0 Å². The van der Waals surface area contributed by atoms with Crippen LogP contribution in [0.5, 0.6) is 11.5 Å². The Hall–Kier alpha value is -1.99. The fourth-order valence-electron chi connectivity index (χ4n) is 2.28. The Morgan fingerprint density at radius 1 is 1.25 bits per heavy atom. The van der Waals surface area contributed by atoms with E-state index in [1.807, 2.05) is 12.1 Å². The zero-order valence-corrected chi connectivity index (χ0v) is 14.9. The molecule has 1 N–H and O–H groups in total. The van der Waals surface area contributed by atoms with E-state index in [0.29, 0.717) is 28.6 Å². The molecule has 0 bridgehead atoms. The molecule has 1 fully saturated rings. The van der Waals surface area contributed by atoms with Crippen molar-refractivity contribution in [3.05, 3.63) is 28.7 Å². The van der Waals surface area contributed by atoms with Crippen LogP contribution in [0.4, 0.5) is 4.79 Å². The predicted octanol–water partition coefficient (Wildman–Crippen LogP) is 2.74. The molecule has 1 aromatic carbocycles. The number of rotatable bonds is 8. The van der Waals surface area contributed by atoms with Crippen molar-refractivity contribution in [3.63, 3.8) is 0 Å². The van der Waals surface area contributed by atoms with Crippen molar-refractivity contribution in [2.24, 2.45) is 0 Å². The van der Waals surface area contributed by atoms with E-state index in [9.17, 15) is 9.59 Å². The smallest absolute Gasteiger partial charge is 0.290 e. The molecule has 0 unspecified atom stereocenters. The van der Waals surface area contributed by atoms with Crippen LogP contribution in [0.1, 0.15) is 19.4 Å². The minimum Gasteiger partial charge on any atom is -0.497 e. The molecule has 130 valence electrons. The van der Waals surface area contributed by atoms with Crippen LogP contribution in [0.25, 0.3) is 6.08 Å². The molecule has 2 rings (SSSR count). The van der Waals surface area contributed by atoms with Crippen molar-refractivity contribution in [1.82, 2.24) is 10.2 Å². The van der Waals surface area contributed by atoms with Gasteiger partial charge in [0.25, 0.3) is 11.1 Å². The van der Waals surface area contributed by atoms with Crippen LogP contribution in [0.15, 0.2) is 23.1 Å². The van der Waals surface area contributed by atoms with Gasteiger partial charge in [0.15, 0.2) is 0 Å². The minimum absolute atomic E-state index is 0.349. The molecule has 0 radical (unpaired) electrons. The second-order valence-corrected chi connectivity index (χ2v) is 6.15. The van der Waals surface area contributed by atoms with Crippen molar-refractivity contribution in [2.75, 3.05) is 33.4 Å². The highest BCUT2D eigenvalue weighted by Crippen LogP contribution is 2.31. The molecule has 0 aromatic heterocycles. The molecule has 1 aliphatic heterocycles. The number of hydrogen-bond donors (Lipinski definition) is 1. The fourth-order valence-corrected chi connectivity index (χ4v) is 2.96. The maximum Gasteiger partial charge on any atom is 0.290 e. The van der Waals surface area contributed by atoms with Crippen molar-refractivity contribution in [1.29, 1.82) is 0 Å². The summed E-state index contributed by atoms with van der Waals surface area (Å²) in [5.41, 5.74) is 0.709. The van der Waals surface area contributed by atoms with Gasteiger partial charge in [0, 0.05) is 12.1 Å². The zero-order chi connectivity index (χ0) is 17.5. The number of imide groups is 1. The van der Waals surface area contributed by atoms with E-state index in [4.69, 9.17) is 9.47 Å². The first kappa shape index (κ1) is 18.4. The summed E-state index contributed by atoms with van der Waals surface area (Å²) < 4.78 is 11.1. The summed E-state index contributed by atoms with van der Waals surface area (Å²) >= 11 is 0.884. The van der Waals surface area contributed by atoms with Crippen LogP contribution >= 0.6 is 11.8 Å². The number of carbonyl (C=O) groups is 2. The van der Waals surface area contributed by atoms with Crippen molar-refractivity contribution < 1.29 is 19.1 Å². The first-order valence-corrected chi connectivity index (χ1v) is 8.67. The molecule has 1 aromatic rings. The van der Waals surface area contributed by atoms with E-state index < -0.39 is 0 Å². The molecule has 2 amide bonds. The third-order valence-corrected chi connectivity index (χ3v) is 4.52. The number of carbonyl (C=O) groups excluding carboxylic acids is 2. The normalized spacial score (nSPS) is 15.9. The Bertz CT molecular complexity index is 641. The van der Waals surface area contributed by atoms with Crippen molar-refractivity contribution >= 4 is 29.0 Å². The molecule has 0 aliphatic carbocycles. The zero-order valence-electron chi connectivity index (χ0n) is 14.1. The molecule has 24 heavy (non-hydrogen) atoms. The standard InChI is InChI=1S/C17H22N2O4S/c1-4-19(5-2)8-9-23-14-7-6-13(22-3)10-12(14)11-15-16(20)18-17(21)24-15/h6-7,10-11H,4-5,8-9H2,1-3H3,(H,18,20,21)/b15-11-. The summed E-state index contributed by atoms with van der Waals surface area (Å²) in [5.74, 6) is 0.929. The quantitative estimate of drug-likeness (QED) is 0.727. The van der Waals surface area contributed by atoms with E-state index in [1.54, 1.807) is 19.3 Å². The molecule has 0 saturated carbocycles. The molecule has 1 heterocycles. The van der Waals surface area contributed by atoms with Gasteiger partial charge >= 0.3 is 0 Å². The van der Waals surface area contributed by atoms with Gasteiger partial charge in [-0.3, -0.25) is 14.9 Å². The number of methoxy groups -OCH3 is 1. The minimum atomic E-state index is -0.387. The first-order valence-electron chi connectivity index (χ1n) is 7.85. The van der Waals surface area contributed by atoms with Crippen LogP contribution in [-0.4, -0.2) is 49.4 Å². The van der Waals surface area contributed by atoms with Crippen LogP contribution in [-0.2, 0) is 4.79 Å². The molecule has 6 nitrogen and oxygen atoms in total. The Morgan fingerprint density at radius 3 is 2.58 bits per heavy atom. The SMILES string of the molecule is CCN(CC)CCOc1ccc(OC)cc1/C=C1\SC(=O)NC1=O. The Morgan fingerprint density at radius 2 is 2.00 bits per heavy atom. The van der Waals surface area contributed by atoms with Gasteiger partial charge < -0.3 is 14.4 Å². The van der Waals surface area contributed by atoms with Crippen molar-refractivity contribution in [3.8, 4) is 11.5 Å². The second-order valence-electron chi connectivity index (χ2n) is 5.13. The highest BCUT2D eigenvalue weighted by atomic mass is 32.2. The molecular weight excluding hydrogens is 328 g/mol. The molecule has 0 atom stereocenters. The predicted molar refractivity (Wildman–Crippen MR) is 95.4 cm³/mol. The van der Waals surface area contributed by atoms with E-state index in [-0.39, 0.29) is 11.1 Å². The summed E-state index contributed by atoms with van der Waals surface area (Å²) in [6.07, 6.45) is 1.65. The summed E-state index contributed by atoms with van der Waals surface area (Å²) in [6.45, 7) is 7.53. The highest BCUT2D eigenvalue weighted by molar-refractivity contribution is 8.18. The summed E-state index contributed by atoms with van der Waals surface area (Å²) in [7, 11) is 1.58. The van der Waals surface area contributed by atoms with Crippen LogP contribution in [0.2, 0.25) is 0 Å². The van der Waals surface area contributed by atoms with Gasteiger partial charge in [-0.05, 0) is 49.1 Å². The van der Waals surface area contributed by atoms with Crippen LogP contribution in [0.3, 0.4) is 0 Å². The molecule has 1 saturated heterocycles. The number of hydrogen-bond acceptors (Lipinski definition) is 6. The van der Waals surface area contributed by atoms with E-state index in [2.05, 4.69) is 24.1 Å². The molecule has 0 spiro atoms. The number of likely N-dealkylation sites (N-methyl/N-ethyl adjacent to an activating group) is 1. The number of thioether (sulfide) groups is 1. The molecular formula is C17H22N2O4S. The second kappa shape index (κ2) is 8.75. The topological polar surface area (TPSA) is 67.9 Å². The summed E-state index contributed by atoms with van der Waals surface area (Å²) in [4.78, 5) is 25.7. The van der Waals surface area contributed by atoms with Crippen molar-refractivity contribution in [2.45, 2.75) is 13.8 Å². The van der Waals surface area contributed by atoms with Gasteiger partial charge in [-0.15, -0.1) is 0 Å². The molecule has 7 heteroatoms. The lowest BCUT2D eigenvalue weighted by Gasteiger charge is -2.18. The Balaban J connectivity index is 2.17. The number of nitrogens with zero attached hydrogens (tertiary/aromatic N) is 1.